The number of hydrogen-bond donors (Lipinski definition) is 1. The van der Waals surface area contributed by atoms with Crippen LogP contribution in [0.25, 0.3) is 0 Å². The Morgan fingerprint density at radius 3 is 2.72 bits per heavy atom. The lowest BCUT2D eigenvalue weighted by Gasteiger charge is -2.33. The first kappa shape index (κ1) is 15.9. The Morgan fingerprint density at radius 1 is 1.39 bits per heavy atom. The fourth-order valence-electron chi connectivity index (χ4n) is 2.92. The minimum absolute atomic E-state index is 0.0263. The molecule has 1 N–H and O–H groups in total. The Hall–Kier alpha value is -0.120. The summed E-state index contributed by atoms with van der Waals surface area (Å²) in [6.07, 6.45) is 2.52. The minimum Gasteiger partial charge on any atom is -0.375 e. The molecule has 0 radical (unpaired) electrons. The predicted octanol–water partition coefficient (Wildman–Crippen LogP) is 2.51. The van der Waals surface area contributed by atoms with Crippen LogP contribution in [-0.2, 0) is 4.74 Å². The summed E-state index contributed by atoms with van der Waals surface area (Å²) < 4.78 is 5.83. The maximum atomic E-state index is 5.83. The molecule has 1 rings (SSSR count). The molecule has 1 unspecified atom stereocenters. The summed E-state index contributed by atoms with van der Waals surface area (Å²) in [6.45, 7) is 16.4. The molecule has 18 heavy (non-hydrogen) atoms. The minimum atomic E-state index is -0.0263. The third-order valence-electron chi connectivity index (χ3n) is 3.46. The molecule has 1 aliphatic rings. The SMILES string of the molecule is CCOC(C)(C)CN1CCCNC(CC(C)C)C1. The lowest BCUT2D eigenvalue weighted by Crippen LogP contribution is -2.45. The van der Waals surface area contributed by atoms with E-state index in [2.05, 4.69) is 44.8 Å². The molecule has 0 aliphatic carbocycles. The highest BCUT2D eigenvalue weighted by Gasteiger charge is 2.25. The van der Waals surface area contributed by atoms with Crippen molar-refractivity contribution in [2.24, 2.45) is 5.92 Å². The van der Waals surface area contributed by atoms with Gasteiger partial charge in [0.15, 0.2) is 0 Å². The van der Waals surface area contributed by atoms with Crippen LogP contribution in [0, 0.1) is 5.92 Å². The Labute approximate surface area is 113 Å². The van der Waals surface area contributed by atoms with E-state index in [0.29, 0.717) is 6.04 Å². The van der Waals surface area contributed by atoms with E-state index in [1.165, 1.54) is 19.4 Å². The van der Waals surface area contributed by atoms with Gasteiger partial charge in [-0.1, -0.05) is 13.8 Å². The fourth-order valence-corrected chi connectivity index (χ4v) is 2.92. The van der Waals surface area contributed by atoms with E-state index in [-0.39, 0.29) is 5.60 Å². The number of hydrogen-bond acceptors (Lipinski definition) is 3. The van der Waals surface area contributed by atoms with Crippen molar-refractivity contribution in [2.75, 3.05) is 32.8 Å². The first-order valence-corrected chi connectivity index (χ1v) is 7.52. The summed E-state index contributed by atoms with van der Waals surface area (Å²) in [7, 11) is 0. The molecule has 1 aliphatic heterocycles. The van der Waals surface area contributed by atoms with Gasteiger partial charge in [0.05, 0.1) is 5.60 Å². The molecule has 0 spiro atoms. The zero-order valence-electron chi connectivity index (χ0n) is 13.0. The van der Waals surface area contributed by atoms with Crippen molar-refractivity contribution >= 4 is 0 Å². The molecule has 3 nitrogen and oxygen atoms in total. The van der Waals surface area contributed by atoms with Gasteiger partial charge in [-0.05, 0) is 52.6 Å². The largest absolute Gasteiger partial charge is 0.375 e. The molecule has 0 aromatic heterocycles. The number of rotatable bonds is 6. The molecule has 1 atom stereocenters. The molecule has 1 fully saturated rings. The highest BCUT2D eigenvalue weighted by molar-refractivity contribution is 4.82. The summed E-state index contributed by atoms with van der Waals surface area (Å²) in [5, 5.41) is 3.68. The fraction of sp³-hybridized carbons (Fsp3) is 1.00. The molecule has 1 heterocycles. The Bertz CT molecular complexity index is 229. The van der Waals surface area contributed by atoms with Crippen molar-refractivity contribution in [3.63, 3.8) is 0 Å². The van der Waals surface area contributed by atoms with E-state index in [9.17, 15) is 0 Å². The first-order chi connectivity index (χ1) is 8.43. The van der Waals surface area contributed by atoms with Gasteiger partial charge in [-0.3, -0.25) is 4.90 Å². The van der Waals surface area contributed by atoms with Crippen LogP contribution < -0.4 is 5.32 Å². The van der Waals surface area contributed by atoms with Crippen molar-refractivity contribution in [3.05, 3.63) is 0 Å². The van der Waals surface area contributed by atoms with E-state index in [4.69, 9.17) is 4.74 Å². The van der Waals surface area contributed by atoms with Crippen molar-refractivity contribution < 1.29 is 4.74 Å². The van der Waals surface area contributed by atoms with Crippen LogP contribution in [0.5, 0.6) is 0 Å². The zero-order valence-corrected chi connectivity index (χ0v) is 13.0. The summed E-state index contributed by atoms with van der Waals surface area (Å²) in [6, 6.07) is 0.643. The number of nitrogens with one attached hydrogen (secondary N) is 1. The van der Waals surface area contributed by atoms with Gasteiger partial charge in [-0.2, -0.15) is 0 Å². The van der Waals surface area contributed by atoms with Crippen molar-refractivity contribution in [1.82, 2.24) is 10.2 Å². The van der Waals surface area contributed by atoms with E-state index in [1.54, 1.807) is 0 Å². The molecule has 1 saturated heterocycles. The van der Waals surface area contributed by atoms with Gasteiger partial charge < -0.3 is 10.1 Å². The van der Waals surface area contributed by atoms with Gasteiger partial charge in [-0.25, -0.2) is 0 Å². The van der Waals surface area contributed by atoms with Gasteiger partial charge in [0, 0.05) is 25.7 Å². The molecule has 0 amide bonds. The molecule has 0 bridgehead atoms. The smallest absolute Gasteiger partial charge is 0.0752 e. The second-order valence-electron chi connectivity index (χ2n) is 6.56. The van der Waals surface area contributed by atoms with Gasteiger partial charge >= 0.3 is 0 Å². The van der Waals surface area contributed by atoms with Crippen LogP contribution in [0.2, 0.25) is 0 Å². The third kappa shape index (κ3) is 6.17. The molecular formula is C15H32N2O. The van der Waals surface area contributed by atoms with Crippen LogP contribution in [0.4, 0.5) is 0 Å². The highest BCUT2D eigenvalue weighted by atomic mass is 16.5. The summed E-state index contributed by atoms with van der Waals surface area (Å²) in [5.41, 5.74) is -0.0263. The second-order valence-corrected chi connectivity index (χ2v) is 6.56. The Morgan fingerprint density at radius 2 is 2.11 bits per heavy atom. The molecule has 3 heteroatoms. The van der Waals surface area contributed by atoms with Crippen molar-refractivity contribution in [1.29, 1.82) is 0 Å². The number of ether oxygens (including phenoxy) is 1. The maximum Gasteiger partial charge on any atom is 0.0752 e. The van der Waals surface area contributed by atoms with E-state index in [1.807, 2.05) is 0 Å². The highest BCUT2D eigenvalue weighted by Crippen LogP contribution is 2.15. The summed E-state index contributed by atoms with van der Waals surface area (Å²) in [5.74, 6) is 0.766. The summed E-state index contributed by atoms with van der Waals surface area (Å²) in [4.78, 5) is 2.57. The maximum absolute atomic E-state index is 5.83. The molecule has 0 aromatic rings. The standard InChI is InChI=1S/C15H32N2O/c1-6-18-15(4,5)12-17-9-7-8-16-14(11-17)10-13(2)3/h13-14,16H,6-12H2,1-5H3. The number of nitrogens with zero attached hydrogens (tertiary/aromatic N) is 1. The zero-order chi connectivity index (χ0) is 13.6. The van der Waals surface area contributed by atoms with Gasteiger partial charge in [0.25, 0.3) is 0 Å². The van der Waals surface area contributed by atoms with Gasteiger partial charge in [0.2, 0.25) is 0 Å². The molecule has 0 aromatic carbocycles. The molecule has 0 saturated carbocycles. The van der Waals surface area contributed by atoms with E-state index in [0.717, 1.165) is 32.2 Å². The summed E-state index contributed by atoms with van der Waals surface area (Å²) >= 11 is 0. The first-order valence-electron chi connectivity index (χ1n) is 7.52. The molecule has 108 valence electrons. The van der Waals surface area contributed by atoms with Crippen LogP contribution in [0.1, 0.15) is 47.5 Å². The van der Waals surface area contributed by atoms with Crippen LogP contribution in [0.3, 0.4) is 0 Å². The topological polar surface area (TPSA) is 24.5 Å². The lowest BCUT2D eigenvalue weighted by molar-refractivity contribution is -0.0344. The quantitative estimate of drug-likeness (QED) is 0.790. The third-order valence-corrected chi connectivity index (χ3v) is 3.46. The van der Waals surface area contributed by atoms with E-state index >= 15 is 0 Å². The van der Waals surface area contributed by atoms with Crippen molar-refractivity contribution in [3.8, 4) is 0 Å². The Balaban J connectivity index is 2.48. The van der Waals surface area contributed by atoms with E-state index < -0.39 is 0 Å². The Kier molecular flexibility index (Phi) is 6.61. The van der Waals surface area contributed by atoms with Gasteiger partial charge in [-0.15, -0.1) is 0 Å². The van der Waals surface area contributed by atoms with Crippen LogP contribution in [0.15, 0.2) is 0 Å². The predicted molar refractivity (Wildman–Crippen MR) is 78.0 cm³/mol. The average Bonchev–Trinajstić information content (AvgIpc) is 2.41. The average molecular weight is 256 g/mol. The van der Waals surface area contributed by atoms with Crippen molar-refractivity contribution in [2.45, 2.75) is 59.1 Å². The normalized spacial score (nSPS) is 23.3. The van der Waals surface area contributed by atoms with Crippen LogP contribution >= 0.6 is 0 Å². The second kappa shape index (κ2) is 7.46. The monoisotopic (exact) mass is 256 g/mol. The lowest BCUT2D eigenvalue weighted by atomic mass is 10.0. The molecular weight excluding hydrogens is 224 g/mol. The van der Waals surface area contributed by atoms with Gasteiger partial charge in [0.1, 0.15) is 0 Å². The van der Waals surface area contributed by atoms with Crippen LogP contribution in [-0.4, -0.2) is 49.3 Å².